The summed E-state index contributed by atoms with van der Waals surface area (Å²) in [4.78, 5) is 21.2. The Hall–Kier alpha value is -1.99. The quantitative estimate of drug-likeness (QED) is 0.424. The van der Waals surface area contributed by atoms with Crippen LogP contribution >= 0.6 is 0 Å². The number of benzene rings is 1. The lowest BCUT2D eigenvalue weighted by molar-refractivity contribution is -0.385. The van der Waals surface area contributed by atoms with Crippen molar-refractivity contribution in [3.63, 3.8) is 0 Å². The van der Waals surface area contributed by atoms with E-state index < -0.39 is 16.6 Å². The highest BCUT2D eigenvalue weighted by Gasteiger charge is 2.23. The molecule has 0 heterocycles. The van der Waals surface area contributed by atoms with Crippen LogP contribution in [-0.2, 0) is 16.1 Å². The van der Waals surface area contributed by atoms with Gasteiger partial charge in [0, 0.05) is 12.7 Å². The van der Waals surface area contributed by atoms with Crippen LogP contribution in [0.1, 0.15) is 29.3 Å². The minimum Gasteiger partial charge on any atom is -0.477 e. The van der Waals surface area contributed by atoms with E-state index in [1.165, 1.54) is 12.1 Å². The molecule has 110 valence electrons. The lowest BCUT2D eigenvalue weighted by Gasteiger charge is -2.08. The van der Waals surface area contributed by atoms with Crippen molar-refractivity contribution in [2.75, 3.05) is 19.8 Å². The largest absolute Gasteiger partial charge is 0.477 e. The fraction of sp³-hybridized carbons (Fsp3) is 0.462. The minimum atomic E-state index is -1.34. The average Bonchev–Trinajstić information content (AvgIpc) is 2.42. The average molecular weight is 283 g/mol. The normalized spacial score (nSPS) is 10.4. The molecule has 7 nitrogen and oxygen atoms in total. The number of nitrogens with zero attached hydrogens (tertiary/aromatic N) is 1. The van der Waals surface area contributed by atoms with E-state index in [-0.39, 0.29) is 17.7 Å². The number of carbonyl (C=O) groups is 1. The van der Waals surface area contributed by atoms with Crippen molar-refractivity contribution >= 4 is 11.7 Å². The van der Waals surface area contributed by atoms with Gasteiger partial charge < -0.3 is 14.6 Å². The van der Waals surface area contributed by atoms with Crippen LogP contribution in [0.3, 0.4) is 0 Å². The molecule has 20 heavy (non-hydrogen) atoms. The van der Waals surface area contributed by atoms with E-state index in [2.05, 4.69) is 0 Å². The molecule has 1 rings (SSSR count). The zero-order chi connectivity index (χ0) is 15.0. The number of nitro benzene ring substituents is 1. The molecule has 0 radical (unpaired) electrons. The van der Waals surface area contributed by atoms with Crippen LogP contribution in [0.25, 0.3) is 0 Å². The Kier molecular flexibility index (Phi) is 6.61. The third-order valence-electron chi connectivity index (χ3n) is 2.52. The Morgan fingerprint density at radius 3 is 2.60 bits per heavy atom. The first-order valence-corrected chi connectivity index (χ1v) is 6.23. The van der Waals surface area contributed by atoms with Crippen LogP contribution < -0.4 is 0 Å². The van der Waals surface area contributed by atoms with E-state index in [1.807, 2.05) is 6.92 Å². The lowest BCUT2D eigenvalue weighted by atomic mass is 10.1. The fourth-order valence-corrected chi connectivity index (χ4v) is 1.65. The Labute approximate surface area is 116 Å². The Bertz CT molecular complexity index is 474. The van der Waals surface area contributed by atoms with E-state index in [4.69, 9.17) is 14.6 Å². The maximum atomic E-state index is 11.1. The Balaban J connectivity index is 2.67. The zero-order valence-electron chi connectivity index (χ0n) is 11.2. The van der Waals surface area contributed by atoms with Gasteiger partial charge in [-0.2, -0.15) is 0 Å². The van der Waals surface area contributed by atoms with Crippen molar-refractivity contribution in [3.8, 4) is 0 Å². The second kappa shape index (κ2) is 8.23. The van der Waals surface area contributed by atoms with E-state index >= 15 is 0 Å². The van der Waals surface area contributed by atoms with Gasteiger partial charge in [-0.3, -0.25) is 10.1 Å². The summed E-state index contributed by atoms with van der Waals surface area (Å²) in [5, 5.41) is 19.9. The van der Waals surface area contributed by atoms with Gasteiger partial charge in [0.1, 0.15) is 5.56 Å². The van der Waals surface area contributed by atoms with Crippen molar-refractivity contribution in [1.29, 1.82) is 0 Å². The topological polar surface area (TPSA) is 98.9 Å². The van der Waals surface area contributed by atoms with E-state index in [0.717, 1.165) is 12.5 Å². The monoisotopic (exact) mass is 283 g/mol. The molecular weight excluding hydrogens is 266 g/mol. The SMILES string of the molecule is CCCOCCOCc1cccc([N+](=O)[O-])c1C(=O)O. The summed E-state index contributed by atoms with van der Waals surface area (Å²) in [5.74, 6) is -1.34. The molecule has 0 bridgehead atoms. The summed E-state index contributed by atoms with van der Waals surface area (Å²) < 4.78 is 10.5. The van der Waals surface area contributed by atoms with Gasteiger partial charge in [0.2, 0.25) is 0 Å². The molecule has 0 unspecified atom stereocenters. The fourth-order valence-electron chi connectivity index (χ4n) is 1.65. The summed E-state index contributed by atoms with van der Waals surface area (Å²) in [7, 11) is 0. The molecule has 0 aliphatic carbocycles. The molecule has 0 aliphatic rings. The Morgan fingerprint density at radius 2 is 2.00 bits per heavy atom. The van der Waals surface area contributed by atoms with Crippen LogP contribution in [0.2, 0.25) is 0 Å². The molecule has 0 saturated heterocycles. The molecule has 0 fully saturated rings. The highest BCUT2D eigenvalue weighted by molar-refractivity contribution is 5.94. The first kappa shape index (κ1) is 16.1. The molecular formula is C13H17NO6. The number of aromatic carboxylic acids is 1. The van der Waals surface area contributed by atoms with E-state index in [0.29, 0.717) is 19.8 Å². The van der Waals surface area contributed by atoms with Crippen LogP contribution in [-0.4, -0.2) is 35.8 Å². The number of ether oxygens (including phenoxy) is 2. The van der Waals surface area contributed by atoms with Crippen LogP contribution in [0, 0.1) is 10.1 Å². The molecule has 1 N–H and O–H groups in total. The first-order valence-electron chi connectivity index (χ1n) is 6.23. The molecule has 0 saturated carbocycles. The van der Waals surface area contributed by atoms with Gasteiger partial charge in [0.25, 0.3) is 5.69 Å². The maximum Gasteiger partial charge on any atom is 0.343 e. The minimum absolute atomic E-state index is 0.00119. The standard InChI is InChI=1S/C13H17NO6/c1-2-6-19-7-8-20-9-10-4-3-5-11(14(17)18)12(10)13(15)16/h3-5H,2,6-9H2,1H3,(H,15,16). The summed E-state index contributed by atoms with van der Waals surface area (Å²) in [5.41, 5.74) is -0.477. The third-order valence-corrected chi connectivity index (χ3v) is 2.52. The zero-order valence-corrected chi connectivity index (χ0v) is 11.2. The second-order valence-electron chi connectivity index (χ2n) is 4.04. The highest BCUT2D eigenvalue weighted by Crippen LogP contribution is 2.22. The summed E-state index contributed by atoms with van der Waals surface area (Å²) in [6.45, 7) is 3.34. The summed E-state index contributed by atoms with van der Waals surface area (Å²) in [6, 6.07) is 4.11. The third kappa shape index (κ3) is 4.60. The number of hydrogen-bond acceptors (Lipinski definition) is 5. The van der Waals surface area contributed by atoms with E-state index in [9.17, 15) is 14.9 Å². The molecule has 0 amide bonds. The molecule has 1 aromatic rings. The second-order valence-corrected chi connectivity index (χ2v) is 4.04. The Morgan fingerprint density at radius 1 is 1.30 bits per heavy atom. The number of nitro groups is 1. The first-order chi connectivity index (χ1) is 9.57. The molecule has 0 aromatic heterocycles. The number of hydrogen-bond donors (Lipinski definition) is 1. The molecule has 0 aliphatic heterocycles. The van der Waals surface area contributed by atoms with Crippen LogP contribution in [0.4, 0.5) is 5.69 Å². The van der Waals surface area contributed by atoms with Gasteiger partial charge in [-0.25, -0.2) is 4.79 Å². The number of carboxylic acid groups (broad SMARTS) is 1. The molecule has 0 spiro atoms. The summed E-state index contributed by atoms with van der Waals surface area (Å²) in [6.07, 6.45) is 0.911. The highest BCUT2D eigenvalue weighted by atomic mass is 16.6. The van der Waals surface area contributed by atoms with Gasteiger partial charge >= 0.3 is 5.97 Å². The lowest BCUT2D eigenvalue weighted by Crippen LogP contribution is -2.10. The molecule has 0 atom stereocenters. The maximum absolute atomic E-state index is 11.1. The predicted octanol–water partition coefficient (Wildman–Crippen LogP) is 2.24. The van der Waals surface area contributed by atoms with Crippen molar-refractivity contribution < 1.29 is 24.3 Å². The van der Waals surface area contributed by atoms with Gasteiger partial charge in [0.05, 0.1) is 24.7 Å². The number of rotatable bonds is 9. The van der Waals surface area contributed by atoms with Gasteiger partial charge in [-0.05, 0) is 12.0 Å². The smallest absolute Gasteiger partial charge is 0.343 e. The molecule has 7 heteroatoms. The van der Waals surface area contributed by atoms with Crippen molar-refractivity contribution in [3.05, 3.63) is 39.4 Å². The van der Waals surface area contributed by atoms with Crippen molar-refractivity contribution in [1.82, 2.24) is 0 Å². The van der Waals surface area contributed by atoms with Crippen LogP contribution in [0.5, 0.6) is 0 Å². The number of carboxylic acids is 1. The van der Waals surface area contributed by atoms with Gasteiger partial charge in [0.15, 0.2) is 0 Å². The van der Waals surface area contributed by atoms with Crippen molar-refractivity contribution in [2.45, 2.75) is 20.0 Å². The van der Waals surface area contributed by atoms with Gasteiger partial charge in [-0.1, -0.05) is 19.1 Å². The van der Waals surface area contributed by atoms with Crippen LogP contribution in [0.15, 0.2) is 18.2 Å². The summed E-state index contributed by atoms with van der Waals surface area (Å²) >= 11 is 0. The van der Waals surface area contributed by atoms with E-state index in [1.54, 1.807) is 0 Å². The molecule has 1 aromatic carbocycles. The predicted molar refractivity (Wildman–Crippen MR) is 70.8 cm³/mol. The van der Waals surface area contributed by atoms with Gasteiger partial charge in [-0.15, -0.1) is 0 Å². The van der Waals surface area contributed by atoms with Crippen molar-refractivity contribution in [2.24, 2.45) is 0 Å².